The van der Waals surface area contributed by atoms with E-state index in [0.29, 0.717) is 18.1 Å². The number of nitrogens with zero attached hydrogens (tertiary/aromatic N) is 2. The third-order valence-corrected chi connectivity index (χ3v) is 6.29. The van der Waals surface area contributed by atoms with Crippen LogP contribution in [0.4, 0.5) is 0 Å². The maximum atomic E-state index is 12.3. The number of unbranched alkanes of at least 4 members (excludes halogenated alkanes) is 10. The first-order chi connectivity index (χ1) is 17.4. The predicted molar refractivity (Wildman–Crippen MR) is 134 cm³/mol. The highest BCUT2D eigenvalue weighted by Gasteiger charge is 2.31. The molecule has 3 N–H and O–H groups in total. The Morgan fingerprint density at radius 3 is 2.19 bits per heavy atom. The van der Waals surface area contributed by atoms with E-state index in [4.69, 9.17) is 13.6 Å². The van der Waals surface area contributed by atoms with Gasteiger partial charge in [0.15, 0.2) is 12.5 Å². The van der Waals surface area contributed by atoms with Crippen LogP contribution in [0.2, 0.25) is 0 Å². The molecular weight excluding hydrogens is 464 g/mol. The fourth-order valence-electron chi connectivity index (χ4n) is 4.16. The van der Waals surface area contributed by atoms with Crippen LogP contribution in [0.15, 0.2) is 27.7 Å². The fourth-order valence-corrected chi connectivity index (χ4v) is 4.16. The van der Waals surface area contributed by atoms with E-state index in [-0.39, 0.29) is 25.0 Å². The Morgan fingerprint density at radius 2 is 1.61 bits per heavy atom. The third kappa shape index (κ3) is 11.7. The summed E-state index contributed by atoms with van der Waals surface area (Å²) >= 11 is 0. The first-order valence-electron chi connectivity index (χ1n) is 13.5. The van der Waals surface area contributed by atoms with Gasteiger partial charge < -0.3 is 28.9 Å². The molecule has 204 valence electrons. The van der Waals surface area contributed by atoms with Crippen molar-refractivity contribution in [3.8, 4) is 0 Å². The summed E-state index contributed by atoms with van der Waals surface area (Å²) in [7, 11) is 0. The lowest BCUT2D eigenvalue weighted by Crippen LogP contribution is -2.40. The monoisotopic (exact) mass is 508 g/mol. The molecule has 0 aliphatic rings. The molecule has 0 saturated heterocycles. The van der Waals surface area contributed by atoms with Gasteiger partial charge in [-0.1, -0.05) is 71.1 Å². The topological polar surface area (TPSA) is 139 Å². The maximum Gasteiger partial charge on any atom is 0.306 e. The van der Waals surface area contributed by atoms with Crippen molar-refractivity contribution in [3.63, 3.8) is 0 Å². The fraction of sp³-hybridized carbons (Fsp3) is 0.741. The van der Waals surface area contributed by atoms with Crippen LogP contribution in [0, 0.1) is 0 Å². The van der Waals surface area contributed by atoms with Gasteiger partial charge in [-0.05, 0) is 13.3 Å². The van der Waals surface area contributed by atoms with E-state index < -0.39 is 30.4 Å². The molecule has 0 radical (unpaired) electrons. The molecule has 0 saturated carbocycles. The molecule has 2 heterocycles. The van der Waals surface area contributed by atoms with E-state index in [2.05, 4.69) is 16.9 Å². The second-order valence-corrected chi connectivity index (χ2v) is 9.61. The molecule has 0 fully saturated rings. The zero-order valence-corrected chi connectivity index (χ0v) is 21.8. The lowest BCUT2D eigenvalue weighted by Gasteiger charge is -2.26. The number of rotatable bonds is 20. The lowest BCUT2D eigenvalue weighted by atomic mass is 10.0. The summed E-state index contributed by atoms with van der Waals surface area (Å²) in [5.74, 6) is 0.443. The van der Waals surface area contributed by atoms with Gasteiger partial charge in [-0.2, -0.15) is 0 Å². The molecule has 9 heteroatoms. The summed E-state index contributed by atoms with van der Waals surface area (Å²) in [4.78, 5) is 20.3. The van der Waals surface area contributed by atoms with Gasteiger partial charge in [-0.3, -0.25) is 4.79 Å². The minimum atomic E-state index is -1.27. The predicted octanol–water partition coefficient (Wildman–Crippen LogP) is 5.03. The van der Waals surface area contributed by atoms with Crippen LogP contribution < -0.4 is 0 Å². The Kier molecular flexibility index (Phi) is 14.4. The van der Waals surface area contributed by atoms with Gasteiger partial charge >= 0.3 is 5.97 Å². The normalized spacial score (nSPS) is 14.9. The number of aliphatic hydroxyl groups is 3. The van der Waals surface area contributed by atoms with Crippen LogP contribution in [0.3, 0.4) is 0 Å². The SMILES string of the molecule is CCCCCCCCCCCCCC(=O)O[C@H]([C@H](C)O)[C@@H](O)C[C@@H](O)c1coc(Cc2cnco2)n1. The van der Waals surface area contributed by atoms with Crippen molar-refractivity contribution in [1.29, 1.82) is 0 Å². The first-order valence-corrected chi connectivity index (χ1v) is 13.5. The Morgan fingerprint density at radius 1 is 0.972 bits per heavy atom. The summed E-state index contributed by atoms with van der Waals surface area (Å²) < 4.78 is 15.9. The second-order valence-electron chi connectivity index (χ2n) is 9.61. The van der Waals surface area contributed by atoms with Crippen molar-refractivity contribution in [3.05, 3.63) is 36.2 Å². The van der Waals surface area contributed by atoms with Gasteiger partial charge in [0.25, 0.3) is 0 Å². The number of carbonyl (C=O) groups is 1. The number of oxazole rings is 2. The smallest absolute Gasteiger partial charge is 0.306 e. The van der Waals surface area contributed by atoms with Crippen molar-refractivity contribution in [2.24, 2.45) is 0 Å². The average molecular weight is 509 g/mol. The molecule has 2 aromatic heterocycles. The minimum Gasteiger partial charge on any atom is -0.457 e. The molecule has 0 spiro atoms. The van der Waals surface area contributed by atoms with Crippen LogP contribution in [0.1, 0.15) is 121 Å². The molecule has 0 aromatic carbocycles. The van der Waals surface area contributed by atoms with Gasteiger partial charge in [-0.15, -0.1) is 0 Å². The molecule has 0 aliphatic carbocycles. The molecule has 4 atom stereocenters. The Labute approximate surface area is 214 Å². The van der Waals surface area contributed by atoms with Crippen molar-refractivity contribution in [2.75, 3.05) is 0 Å². The van der Waals surface area contributed by atoms with Crippen molar-refractivity contribution in [1.82, 2.24) is 9.97 Å². The van der Waals surface area contributed by atoms with Crippen LogP contribution in [-0.4, -0.2) is 49.6 Å². The van der Waals surface area contributed by atoms with Crippen LogP contribution in [0.5, 0.6) is 0 Å². The Hall–Kier alpha value is -2.23. The quantitative estimate of drug-likeness (QED) is 0.166. The molecule has 2 aromatic rings. The highest BCUT2D eigenvalue weighted by atomic mass is 16.6. The highest BCUT2D eigenvalue weighted by molar-refractivity contribution is 5.69. The summed E-state index contributed by atoms with van der Waals surface area (Å²) in [5, 5.41) is 31.1. The molecular formula is C27H44N2O7. The largest absolute Gasteiger partial charge is 0.457 e. The van der Waals surface area contributed by atoms with Crippen molar-refractivity contribution in [2.45, 2.75) is 128 Å². The third-order valence-electron chi connectivity index (χ3n) is 6.29. The molecule has 2 rings (SSSR count). The number of hydrogen-bond donors (Lipinski definition) is 3. The van der Waals surface area contributed by atoms with Crippen molar-refractivity contribution >= 4 is 5.97 Å². The lowest BCUT2D eigenvalue weighted by molar-refractivity contribution is -0.165. The van der Waals surface area contributed by atoms with E-state index in [1.54, 1.807) is 6.20 Å². The molecule has 0 aliphatic heterocycles. The zero-order chi connectivity index (χ0) is 26.2. The van der Waals surface area contributed by atoms with Crippen LogP contribution >= 0.6 is 0 Å². The number of aromatic nitrogens is 2. The Balaban J connectivity index is 1.65. The minimum absolute atomic E-state index is 0.171. The number of aliphatic hydroxyl groups excluding tert-OH is 3. The number of hydrogen-bond acceptors (Lipinski definition) is 9. The number of carbonyl (C=O) groups excluding carboxylic acids is 1. The average Bonchev–Trinajstić information content (AvgIpc) is 3.53. The second kappa shape index (κ2) is 17.3. The van der Waals surface area contributed by atoms with E-state index in [1.165, 1.54) is 70.9 Å². The Bertz CT molecular complexity index is 822. The van der Waals surface area contributed by atoms with Crippen molar-refractivity contribution < 1.29 is 33.7 Å². The number of ether oxygens (including phenoxy) is 1. The van der Waals surface area contributed by atoms with Gasteiger partial charge in [0.2, 0.25) is 5.89 Å². The molecule has 36 heavy (non-hydrogen) atoms. The summed E-state index contributed by atoms with van der Waals surface area (Å²) in [5.41, 5.74) is 0.236. The van der Waals surface area contributed by atoms with E-state index in [9.17, 15) is 20.1 Å². The molecule has 0 amide bonds. The molecule has 9 nitrogen and oxygen atoms in total. The number of esters is 1. The zero-order valence-electron chi connectivity index (χ0n) is 21.8. The van der Waals surface area contributed by atoms with E-state index in [1.807, 2.05) is 0 Å². The standard InChI is InChI=1S/C27H44N2O7/c1-3-4-5-6-7-8-9-10-11-12-13-14-26(33)36-27(20(2)30)24(32)16-23(31)22-18-34-25(29-22)15-21-17-28-19-35-21/h17-20,23-24,27,30-32H,3-16H2,1-2H3/t20-,23+,24-,27+/m0/s1. The van der Waals surface area contributed by atoms with Gasteiger partial charge in [0, 0.05) is 12.8 Å². The molecule has 0 bridgehead atoms. The van der Waals surface area contributed by atoms with Gasteiger partial charge in [0.05, 0.1) is 24.8 Å². The van der Waals surface area contributed by atoms with E-state index >= 15 is 0 Å². The summed E-state index contributed by atoms with van der Waals surface area (Å²) in [6.07, 6.45) is 12.9. The van der Waals surface area contributed by atoms with Crippen LogP contribution in [0.25, 0.3) is 0 Å². The van der Waals surface area contributed by atoms with Gasteiger partial charge in [-0.25, -0.2) is 9.97 Å². The summed E-state index contributed by atoms with van der Waals surface area (Å²) in [6.45, 7) is 3.67. The molecule has 0 unspecified atom stereocenters. The summed E-state index contributed by atoms with van der Waals surface area (Å²) in [6, 6.07) is 0. The maximum absolute atomic E-state index is 12.3. The van der Waals surface area contributed by atoms with E-state index in [0.717, 1.165) is 12.8 Å². The van der Waals surface area contributed by atoms with Crippen LogP contribution in [-0.2, 0) is 16.0 Å². The van der Waals surface area contributed by atoms with Gasteiger partial charge in [0.1, 0.15) is 23.8 Å². The first kappa shape index (κ1) is 30.0. The highest BCUT2D eigenvalue weighted by Crippen LogP contribution is 2.23.